The van der Waals surface area contributed by atoms with Gasteiger partial charge in [0, 0.05) is 146 Å². The first kappa shape index (κ1) is 97.8. The van der Waals surface area contributed by atoms with Gasteiger partial charge in [-0.2, -0.15) is 0 Å². The topological polar surface area (TPSA) is 239 Å². The molecule has 0 bridgehead atoms. The highest BCUT2D eigenvalue weighted by atomic mass is 32.1. The van der Waals surface area contributed by atoms with E-state index in [1.165, 1.54) is 144 Å². The minimum Gasteiger partial charge on any atom is -0.486 e. The van der Waals surface area contributed by atoms with Gasteiger partial charge in [0.15, 0.2) is 5.58 Å². The number of likely N-dealkylation sites (N-methyl/N-ethyl adjacent to an activating group) is 3. The molecule has 690 valence electrons. The number of carbonyl (C=O) groups excluding carboxylic acids is 1. The Morgan fingerprint density at radius 2 is 0.741 bits per heavy atom. The quantitative estimate of drug-likeness (QED) is 0.0255. The molecule has 33 heteroatoms. The number of benzene rings is 2. The molecule has 5 aliphatic rings. The Morgan fingerprint density at radius 3 is 1.13 bits per heavy atom. The van der Waals surface area contributed by atoms with Crippen molar-refractivity contribution in [2.75, 3.05) is 113 Å². The smallest absolute Gasteiger partial charge is 0.336 e. The number of carbonyl (C=O) groups is 3. The van der Waals surface area contributed by atoms with Crippen molar-refractivity contribution in [1.29, 1.82) is 0 Å². The fraction of sp³-hybridized carbons (Fsp3) is 0.294. The Morgan fingerprint density at radius 1 is 0.407 bits per heavy atom. The maximum Gasteiger partial charge on any atom is 0.336 e. The standard InChI is InChI=1S/C24H21N3OS3.C23H19N3OS2.C21H24N2O2S2.C18H18N2O3S2.C16H14N2O3S2/c1-24(2)15-11-14(12-18(25-3)23-26-17-7-5-6-8-19(17)30-23)29-21(15)22-16(24)13-20(31-22)27(4)9-10-28;1-23(2)14-10-13(28-20(14)21-15(23)12-19(29-21)26(4)5)11-17(24-3)22-25-16-8-6-7-9-18(16)27-22;1-20(2,3)25-19(24)15(22-6)10-12-9-13-17(26-12)18-14(21(13,4)5)11-16(27-18)23(7)8;1-18(2)11-7-10(8-13(19-3)17(22)23)24-15(11)16-12(18)9-14(25-16)20(4)5-6-21;1-17-12(16(20)21)8-11-6-9-5-10-7-13(18(2)3-4-19)23-15(10)14(9)22-11/h5-8,11-13,28H,9-10H2,1-2,4H3;6-12H,1-2,4-5H3;9-11H,1-5,7-8H3;7-9,21H,5-6H2,1-2,4H3,(H,22,23);6-8,19H,3-5H2,2H3,(H,20,21)/b18-12-;17-11-;15-10-;13-8-;12-8-. The highest BCUT2D eigenvalue weighted by molar-refractivity contribution is 7.28. The molecule has 0 atom stereocenters. The Labute approximate surface area is 828 Å². The molecule has 0 amide bonds. The molecule has 0 spiro atoms. The first-order valence-electron chi connectivity index (χ1n) is 42.7. The van der Waals surface area contributed by atoms with E-state index in [1.807, 2.05) is 115 Å². The molecule has 12 aromatic heterocycles. The lowest BCUT2D eigenvalue weighted by atomic mass is 9.84. The van der Waals surface area contributed by atoms with E-state index >= 15 is 0 Å². The molecule has 14 aromatic rings. The number of ether oxygens (including phenoxy) is 1. The van der Waals surface area contributed by atoms with Crippen LogP contribution in [0.2, 0.25) is 0 Å². The zero-order chi connectivity index (χ0) is 97.1. The highest BCUT2D eigenvalue weighted by Crippen LogP contribution is 2.62. The number of carboxylic acids is 2. The number of aliphatic hydroxyl groups is 3. The number of aliphatic carboxylic acids is 2. The molecule has 19 rings (SSSR count). The number of hydrogen-bond acceptors (Lipinski definition) is 26. The number of aromatic nitrogens is 2. The van der Waals surface area contributed by atoms with Crippen molar-refractivity contribution in [3.63, 3.8) is 0 Å². The van der Waals surface area contributed by atoms with Gasteiger partial charge >= 0.3 is 17.9 Å². The number of thiophene rings is 10. The van der Waals surface area contributed by atoms with E-state index in [0.29, 0.717) is 42.5 Å². The van der Waals surface area contributed by atoms with Crippen molar-refractivity contribution >= 4 is 231 Å². The number of rotatable bonds is 21. The zero-order valence-corrected chi connectivity index (χ0v) is 86.3. The van der Waals surface area contributed by atoms with Gasteiger partial charge in [-0.3, -0.25) is 14.4 Å². The Bertz CT molecular complexity index is 7370. The summed E-state index contributed by atoms with van der Waals surface area (Å²) in [6, 6.07) is 37.3. The molecule has 5 aliphatic carbocycles. The van der Waals surface area contributed by atoms with E-state index in [9.17, 15) is 19.5 Å². The fourth-order valence-electron chi connectivity index (χ4n) is 16.3. The van der Waals surface area contributed by atoms with E-state index in [4.69, 9.17) is 62.4 Å². The molecule has 12 heterocycles. The van der Waals surface area contributed by atoms with E-state index < -0.39 is 23.5 Å². The summed E-state index contributed by atoms with van der Waals surface area (Å²) < 4.78 is 12.3. The average molecular weight is 2000 g/mol. The molecule has 0 saturated carbocycles. The predicted molar refractivity (Wildman–Crippen MR) is 567 cm³/mol. The van der Waals surface area contributed by atoms with Crippen LogP contribution >= 0.6 is 125 Å². The lowest BCUT2D eigenvalue weighted by Crippen LogP contribution is -2.24. The maximum atomic E-state index is 12.3. The second-order valence-electron chi connectivity index (χ2n) is 36.0. The molecular weight excluding hydrogens is 1910 g/mol. The summed E-state index contributed by atoms with van der Waals surface area (Å²) in [6.45, 7) is 62.1. The minimum atomic E-state index is -1.20. The molecule has 0 aliphatic heterocycles. The molecule has 0 fully saturated rings. The van der Waals surface area contributed by atoms with Gasteiger partial charge in [-0.15, -0.1) is 125 Å². The van der Waals surface area contributed by atoms with Crippen molar-refractivity contribution in [2.24, 2.45) is 0 Å². The Kier molecular flexibility index (Phi) is 28.1. The van der Waals surface area contributed by atoms with E-state index in [2.05, 4.69) is 181 Å². The van der Waals surface area contributed by atoms with Gasteiger partial charge in [-0.1, -0.05) is 79.7 Å². The van der Waals surface area contributed by atoms with Crippen LogP contribution in [0.4, 0.5) is 25.0 Å². The van der Waals surface area contributed by atoms with Crippen LogP contribution in [0.15, 0.2) is 131 Å². The molecule has 135 heavy (non-hydrogen) atoms. The van der Waals surface area contributed by atoms with Gasteiger partial charge < -0.3 is 59.2 Å². The van der Waals surface area contributed by atoms with Gasteiger partial charge in [0.2, 0.25) is 17.3 Å². The Hall–Kier alpha value is -11.8. The summed E-state index contributed by atoms with van der Waals surface area (Å²) >= 11 is 18.5. The average Bonchev–Trinajstić information content (AvgIpc) is 1.57. The van der Waals surface area contributed by atoms with Gasteiger partial charge in [0.05, 0.1) is 112 Å². The maximum absolute atomic E-state index is 12.3. The van der Waals surface area contributed by atoms with Crippen LogP contribution in [0.25, 0.3) is 136 Å². The number of hydrogen-bond donors (Lipinski definition) is 5. The normalized spacial score (nSPS) is 14.4. The fourth-order valence-corrected chi connectivity index (χ4v) is 30.5. The SMILES string of the molecule is [C-]#[N+]/C(=C\c1cc2c(s1)-c1sc(N(C)C)cc1C2(C)C)C(=O)OC(C)(C)C.[C-]#[N+]/C(=C\c1cc2c(s1)-c1sc(N(C)C)cc1C2(C)C)c1nc2ccccc2o1.[C-]#[N+]/C(=C\c1cc2c(s1)-c1sc(N(C)CCO)cc1C2(C)C)C(=O)O.[C-]#[N+]/C(=C\c1cc2c(s1)-c1sc(N(C)CCO)cc1C2(C)C)c1nc2ccccc2s1.[C-]#[N+]/C(=C\c1cc2c(s1)-c1sc(N(C)CCO)cc1C2)C(=O)O. The van der Waals surface area contributed by atoms with Gasteiger partial charge in [-0.25, -0.2) is 34.2 Å². The molecular formula is C102H96N12O10S11. The minimum absolute atomic E-state index is 0.0167. The summed E-state index contributed by atoms with van der Waals surface area (Å²) in [7, 11) is 14.2. The second-order valence-corrected chi connectivity index (χ2v) is 47.6. The van der Waals surface area contributed by atoms with E-state index in [0.717, 1.165) is 71.3 Å². The summed E-state index contributed by atoms with van der Waals surface area (Å²) in [6.07, 6.45) is 9.25. The second kappa shape index (κ2) is 38.8. The van der Waals surface area contributed by atoms with Gasteiger partial charge in [0.25, 0.3) is 17.1 Å². The van der Waals surface area contributed by atoms with Crippen LogP contribution in [0.5, 0.6) is 0 Å². The monoisotopic (exact) mass is 2000 g/mol. The Balaban J connectivity index is 0.000000129. The molecule has 5 N–H and O–H groups in total. The van der Waals surface area contributed by atoms with Crippen LogP contribution < -0.4 is 24.5 Å². The summed E-state index contributed by atoms with van der Waals surface area (Å²) in [5, 5.41) is 52.2. The van der Waals surface area contributed by atoms with E-state index in [1.54, 1.807) is 118 Å². The molecule has 0 radical (unpaired) electrons. The van der Waals surface area contributed by atoms with Crippen LogP contribution in [-0.2, 0) is 47.2 Å². The number of nitrogens with zero attached hydrogens (tertiary/aromatic N) is 12. The summed E-state index contributed by atoms with van der Waals surface area (Å²) in [5.74, 6) is -2.59. The third-order valence-corrected chi connectivity index (χ3v) is 37.4. The summed E-state index contributed by atoms with van der Waals surface area (Å²) in [5.41, 5.74) is 14.9. The van der Waals surface area contributed by atoms with E-state index in [-0.39, 0.29) is 58.6 Å². The number of thiazole rings is 1. The number of carboxylic acid groups (broad SMARTS) is 2. The molecule has 2 aromatic carbocycles. The van der Waals surface area contributed by atoms with Gasteiger partial charge in [-0.05, 0) is 192 Å². The van der Waals surface area contributed by atoms with Gasteiger partial charge in [0.1, 0.15) is 16.1 Å². The molecule has 0 unspecified atom stereocenters. The number of esters is 1. The van der Waals surface area contributed by atoms with Crippen molar-refractivity contribution in [1.82, 2.24) is 9.97 Å². The van der Waals surface area contributed by atoms with Crippen molar-refractivity contribution in [3.05, 3.63) is 274 Å². The lowest BCUT2D eigenvalue weighted by Gasteiger charge is -2.20. The predicted octanol–water partition coefficient (Wildman–Crippen LogP) is 26.1. The van der Waals surface area contributed by atoms with Crippen LogP contribution in [-0.4, -0.2) is 148 Å². The molecule has 0 saturated heterocycles. The summed E-state index contributed by atoms with van der Waals surface area (Å²) in [4.78, 5) is 88.1. The van der Waals surface area contributed by atoms with Crippen LogP contribution in [0, 0.1) is 32.9 Å². The van der Waals surface area contributed by atoms with Crippen LogP contribution in [0.3, 0.4) is 0 Å². The van der Waals surface area contributed by atoms with Crippen molar-refractivity contribution in [2.45, 2.75) is 110 Å². The number of aliphatic hydroxyl groups excluding tert-OH is 3. The lowest BCUT2D eigenvalue weighted by molar-refractivity contribution is -0.149. The third kappa shape index (κ3) is 19.3. The first-order chi connectivity index (χ1) is 64.1. The number of anilines is 5. The van der Waals surface area contributed by atoms with Crippen molar-refractivity contribution < 1.29 is 49.1 Å². The largest absolute Gasteiger partial charge is 0.486 e. The number of para-hydroxylation sites is 3. The number of fused-ring (bicyclic) bond motifs is 17. The number of oxazole rings is 1. The molecule has 22 nitrogen and oxygen atoms in total. The highest BCUT2D eigenvalue weighted by Gasteiger charge is 2.44. The zero-order valence-electron chi connectivity index (χ0n) is 77.4. The third-order valence-electron chi connectivity index (χ3n) is 23.7. The van der Waals surface area contributed by atoms with Crippen LogP contribution in [0.1, 0.15) is 167 Å². The van der Waals surface area contributed by atoms with Crippen molar-refractivity contribution in [3.8, 4) is 48.8 Å². The first-order valence-corrected chi connectivity index (χ1v) is 51.6.